The van der Waals surface area contributed by atoms with E-state index in [4.69, 9.17) is 7.33 Å². The molecule has 72 valence electrons. The fourth-order valence-electron chi connectivity index (χ4n) is 2.00. The second kappa shape index (κ2) is 3.51. The van der Waals surface area contributed by atoms with Crippen molar-refractivity contribution >= 4 is 29.1 Å². The van der Waals surface area contributed by atoms with Crippen LogP contribution in [0.25, 0.3) is 21.8 Å². The van der Waals surface area contributed by atoms with Gasteiger partial charge in [0.1, 0.15) is 0 Å². The van der Waals surface area contributed by atoms with Crippen LogP contribution in [0.1, 0.15) is 5.56 Å². The number of pyridine rings is 1. The molecular formula is C14H8BN. The van der Waals surface area contributed by atoms with Crippen LogP contribution in [-0.2, 0) is 0 Å². The molecule has 1 nitrogen and oxygen atoms in total. The third-order valence-electron chi connectivity index (χ3n) is 2.73. The molecule has 3 aromatic rings. The molecule has 0 bridgehead atoms. The van der Waals surface area contributed by atoms with Gasteiger partial charge >= 0.3 is 94.0 Å². The summed E-state index contributed by atoms with van der Waals surface area (Å²) in [7, 11) is 5.60. The molecule has 0 saturated heterocycles. The van der Waals surface area contributed by atoms with E-state index in [0.29, 0.717) is 0 Å². The van der Waals surface area contributed by atoms with Crippen LogP contribution in [0.15, 0.2) is 48.5 Å². The fourth-order valence-corrected chi connectivity index (χ4v) is 2.00. The monoisotopic (exact) mass is 201 g/mol. The van der Waals surface area contributed by atoms with Crippen molar-refractivity contribution in [2.45, 2.75) is 0 Å². The molecule has 2 heteroatoms. The Kier molecular flexibility index (Phi) is 2.02. The zero-order valence-corrected chi connectivity index (χ0v) is 8.64. The van der Waals surface area contributed by atoms with E-state index >= 15 is 0 Å². The molecule has 3 rings (SSSR count). The van der Waals surface area contributed by atoms with Crippen LogP contribution in [0.3, 0.4) is 0 Å². The molecule has 16 heavy (non-hydrogen) atoms. The minimum atomic E-state index is 0.932. The molecule has 0 fully saturated rings. The first-order chi connectivity index (χ1) is 7.90. The molecule has 1 aromatic heterocycles. The normalized spacial score (nSPS) is 10.6. The molecule has 0 aliphatic rings. The Morgan fingerprint density at radius 2 is 1.31 bits per heavy atom. The second-order valence-electron chi connectivity index (χ2n) is 3.67. The summed E-state index contributed by atoms with van der Waals surface area (Å²) in [5.41, 5.74) is 2.84. The summed E-state index contributed by atoms with van der Waals surface area (Å²) in [4.78, 5) is 4.59. The zero-order chi connectivity index (χ0) is 11.0. The van der Waals surface area contributed by atoms with Crippen molar-refractivity contribution < 1.29 is 0 Å². The summed E-state index contributed by atoms with van der Waals surface area (Å²) >= 11 is 0. The Hall–Kier alpha value is -2.05. The first kappa shape index (κ1) is 9.20. The summed E-state index contributed by atoms with van der Waals surface area (Å²) in [6.07, 6.45) is 0. The number of benzene rings is 2. The third kappa shape index (κ3) is 1.24. The summed E-state index contributed by atoms with van der Waals surface area (Å²) < 4.78 is 0. The van der Waals surface area contributed by atoms with Crippen molar-refractivity contribution in [1.82, 2.24) is 4.98 Å². The van der Waals surface area contributed by atoms with E-state index in [1.165, 1.54) is 0 Å². The maximum absolute atomic E-state index is 5.60. The topological polar surface area (TPSA) is 12.9 Å². The van der Waals surface area contributed by atoms with Gasteiger partial charge in [0.15, 0.2) is 0 Å². The van der Waals surface area contributed by atoms with Crippen LogP contribution in [0.4, 0.5) is 0 Å². The molecular weight excluding hydrogens is 193 g/mol. The van der Waals surface area contributed by atoms with Gasteiger partial charge < -0.3 is 0 Å². The average Bonchev–Trinajstić information content (AvgIpc) is 2.36. The number of aromatic nitrogens is 1. The Morgan fingerprint density at radius 1 is 0.812 bits per heavy atom. The molecule has 0 spiro atoms. The first-order valence-corrected chi connectivity index (χ1v) is 5.14. The van der Waals surface area contributed by atoms with E-state index in [1.807, 2.05) is 48.5 Å². The average molecular weight is 201 g/mol. The molecule has 1 heterocycles. The van der Waals surface area contributed by atoms with Gasteiger partial charge in [-0.1, -0.05) is 0 Å². The van der Waals surface area contributed by atoms with Crippen LogP contribution in [-0.4, -0.2) is 12.3 Å². The molecule has 2 aromatic carbocycles. The molecule has 0 saturated carbocycles. The quantitative estimate of drug-likeness (QED) is 0.402. The van der Waals surface area contributed by atoms with Gasteiger partial charge in [0.05, 0.1) is 0 Å². The molecule has 0 aliphatic heterocycles. The molecule has 0 aliphatic carbocycles. The fraction of sp³-hybridized carbons (Fsp3) is 0. The number of hydrogen-bond donors (Lipinski definition) is 0. The second-order valence-corrected chi connectivity index (χ2v) is 3.67. The van der Waals surface area contributed by atoms with Crippen LogP contribution >= 0.6 is 0 Å². The first-order valence-electron chi connectivity index (χ1n) is 5.14. The number of nitrogens with zero attached hydrogens (tertiary/aromatic N) is 1. The molecule has 0 amide bonds. The van der Waals surface area contributed by atoms with E-state index in [1.54, 1.807) is 0 Å². The van der Waals surface area contributed by atoms with E-state index in [0.717, 1.165) is 27.4 Å². The van der Waals surface area contributed by atoms with Gasteiger partial charge in [-0.15, -0.1) is 0 Å². The van der Waals surface area contributed by atoms with Crippen molar-refractivity contribution in [2.24, 2.45) is 0 Å². The van der Waals surface area contributed by atoms with E-state index in [2.05, 4.69) is 10.8 Å². The van der Waals surface area contributed by atoms with Gasteiger partial charge in [0.2, 0.25) is 0 Å². The van der Waals surface area contributed by atoms with Crippen LogP contribution in [0.2, 0.25) is 0 Å². The van der Waals surface area contributed by atoms with E-state index < -0.39 is 0 Å². The van der Waals surface area contributed by atoms with E-state index in [-0.39, 0.29) is 0 Å². The predicted octanol–water partition coefficient (Wildman–Crippen LogP) is 2.86. The maximum atomic E-state index is 5.60. The van der Waals surface area contributed by atoms with Crippen molar-refractivity contribution in [2.75, 3.05) is 0 Å². The summed E-state index contributed by atoms with van der Waals surface area (Å²) in [6, 6.07) is 15.9. The molecule has 0 radical (unpaired) electrons. The van der Waals surface area contributed by atoms with Crippen molar-refractivity contribution in [3.05, 3.63) is 54.1 Å². The Morgan fingerprint density at radius 3 is 1.81 bits per heavy atom. The number of para-hydroxylation sites is 2. The number of rotatable bonds is 0. The molecule has 0 N–H and O–H groups in total. The Bertz CT molecular complexity index is 671. The Balaban J connectivity index is 2.63. The number of fused-ring (bicyclic) bond motifs is 2. The number of hydrogen-bond acceptors (Lipinski definition) is 1. The zero-order valence-electron chi connectivity index (χ0n) is 8.64. The van der Waals surface area contributed by atoms with Gasteiger partial charge in [-0.3, -0.25) is 0 Å². The van der Waals surface area contributed by atoms with Gasteiger partial charge in [0.25, 0.3) is 0 Å². The SMILES string of the molecule is B#Cc1c2ccccc2nc2ccccc12. The predicted molar refractivity (Wildman–Crippen MR) is 68.0 cm³/mol. The van der Waals surface area contributed by atoms with Crippen LogP contribution in [0.5, 0.6) is 0 Å². The van der Waals surface area contributed by atoms with Gasteiger partial charge in [-0.05, 0) is 0 Å². The third-order valence-corrected chi connectivity index (χ3v) is 2.73. The molecule has 0 atom stereocenters. The van der Waals surface area contributed by atoms with Crippen molar-refractivity contribution in [1.29, 1.82) is 0 Å². The van der Waals surface area contributed by atoms with Crippen molar-refractivity contribution in [3.63, 3.8) is 0 Å². The van der Waals surface area contributed by atoms with Gasteiger partial charge in [0, 0.05) is 0 Å². The van der Waals surface area contributed by atoms with Crippen LogP contribution < -0.4 is 0 Å². The standard InChI is InChI=1S/C14H8BN/c15-9-12-10-5-1-3-7-13(10)16-14-8-4-2-6-11(12)14/h1-8H. The summed E-state index contributed by atoms with van der Waals surface area (Å²) in [5.74, 6) is 2.77. The Labute approximate surface area is 94.5 Å². The van der Waals surface area contributed by atoms with Crippen LogP contribution in [0, 0.1) is 5.80 Å². The van der Waals surface area contributed by atoms with Gasteiger partial charge in [-0.2, -0.15) is 0 Å². The minimum absolute atomic E-state index is 0.932. The van der Waals surface area contributed by atoms with Gasteiger partial charge in [-0.25, -0.2) is 0 Å². The summed E-state index contributed by atoms with van der Waals surface area (Å²) in [5, 5.41) is 2.09. The van der Waals surface area contributed by atoms with Crippen molar-refractivity contribution in [3.8, 4) is 5.80 Å². The molecule has 0 unspecified atom stereocenters. The van der Waals surface area contributed by atoms with E-state index in [9.17, 15) is 0 Å². The summed E-state index contributed by atoms with van der Waals surface area (Å²) in [6.45, 7) is 0.